The first-order valence-corrected chi connectivity index (χ1v) is 7.14. The molecular formula is C15H28O2. The molecule has 100 valence electrons. The highest BCUT2D eigenvalue weighted by atomic mass is 16.3. The van der Waals surface area contributed by atoms with Gasteiger partial charge in [-0.25, -0.2) is 0 Å². The second-order valence-electron chi connectivity index (χ2n) is 7.32. The van der Waals surface area contributed by atoms with Gasteiger partial charge in [0.25, 0.3) is 0 Å². The summed E-state index contributed by atoms with van der Waals surface area (Å²) >= 11 is 0. The van der Waals surface area contributed by atoms with Crippen LogP contribution in [0.3, 0.4) is 0 Å². The van der Waals surface area contributed by atoms with E-state index >= 15 is 0 Å². The summed E-state index contributed by atoms with van der Waals surface area (Å²) in [5.41, 5.74) is -1.09. The molecule has 0 aromatic rings. The fourth-order valence-corrected chi connectivity index (χ4v) is 4.42. The molecule has 0 radical (unpaired) electrons. The number of aliphatic hydroxyl groups is 2. The second-order valence-corrected chi connectivity index (χ2v) is 7.32. The zero-order chi connectivity index (χ0) is 12.9. The van der Waals surface area contributed by atoms with E-state index in [-0.39, 0.29) is 5.41 Å². The lowest BCUT2D eigenvalue weighted by atomic mass is 9.57. The first-order valence-electron chi connectivity index (χ1n) is 7.14. The van der Waals surface area contributed by atoms with Gasteiger partial charge in [0.1, 0.15) is 0 Å². The smallest absolute Gasteiger partial charge is 0.0678 e. The van der Waals surface area contributed by atoms with Crippen molar-refractivity contribution in [2.75, 3.05) is 0 Å². The summed E-state index contributed by atoms with van der Waals surface area (Å²) in [4.78, 5) is 0. The predicted molar refractivity (Wildman–Crippen MR) is 69.7 cm³/mol. The van der Waals surface area contributed by atoms with Crippen molar-refractivity contribution in [2.24, 2.45) is 17.3 Å². The van der Waals surface area contributed by atoms with E-state index in [2.05, 4.69) is 6.92 Å². The maximum absolute atomic E-state index is 10.8. The Morgan fingerprint density at radius 1 is 1.18 bits per heavy atom. The van der Waals surface area contributed by atoms with Crippen LogP contribution in [0.2, 0.25) is 0 Å². The van der Waals surface area contributed by atoms with Gasteiger partial charge in [0, 0.05) is 5.41 Å². The van der Waals surface area contributed by atoms with Crippen LogP contribution >= 0.6 is 0 Å². The minimum absolute atomic E-state index is 0.0515. The maximum Gasteiger partial charge on any atom is 0.0678 e. The van der Waals surface area contributed by atoms with Crippen molar-refractivity contribution in [3.63, 3.8) is 0 Å². The van der Waals surface area contributed by atoms with Crippen LogP contribution in [0.1, 0.15) is 66.2 Å². The van der Waals surface area contributed by atoms with Gasteiger partial charge in [-0.05, 0) is 64.7 Å². The predicted octanol–water partition coefficient (Wildman–Crippen LogP) is 3.11. The lowest BCUT2D eigenvalue weighted by molar-refractivity contribution is -0.132. The van der Waals surface area contributed by atoms with E-state index in [1.165, 1.54) is 6.42 Å². The van der Waals surface area contributed by atoms with Crippen LogP contribution in [-0.4, -0.2) is 21.4 Å². The van der Waals surface area contributed by atoms with E-state index in [1.807, 2.05) is 20.8 Å². The number of hydrogen-bond donors (Lipinski definition) is 2. The van der Waals surface area contributed by atoms with Gasteiger partial charge in [-0.2, -0.15) is 0 Å². The van der Waals surface area contributed by atoms with E-state index in [4.69, 9.17) is 0 Å². The molecule has 0 aliphatic heterocycles. The molecule has 2 N–H and O–H groups in total. The molecule has 2 aliphatic rings. The van der Waals surface area contributed by atoms with Gasteiger partial charge in [0.15, 0.2) is 0 Å². The minimum Gasteiger partial charge on any atom is -0.390 e. The van der Waals surface area contributed by atoms with Gasteiger partial charge >= 0.3 is 0 Å². The van der Waals surface area contributed by atoms with Crippen molar-refractivity contribution >= 4 is 0 Å². The van der Waals surface area contributed by atoms with Crippen molar-refractivity contribution in [1.82, 2.24) is 0 Å². The summed E-state index contributed by atoms with van der Waals surface area (Å²) in [6.45, 7) is 8.15. The molecule has 17 heavy (non-hydrogen) atoms. The van der Waals surface area contributed by atoms with Crippen LogP contribution in [0.15, 0.2) is 0 Å². The molecule has 1 spiro atoms. The lowest BCUT2D eigenvalue weighted by Gasteiger charge is -2.51. The molecule has 2 fully saturated rings. The Morgan fingerprint density at radius 3 is 2.29 bits per heavy atom. The van der Waals surface area contributed by atoms with E-state index in [0.29, 0.717) is 11.8 Å². The Balaban J connectivity index is 2.24. The third kappa shape index (κ3) is 2.04. The summed E-state index contributed by atoms with van der Waals surface area (Å²) in [6.07, 6.45) is 6.43. The molecule has 2 heteroatoms. The molecule has 2 nitrogen and oxygen atoms in total. The van der Waals surface area contributed by atoms with Crippen molar-refractivity contribution < 1.29 is 10.2 Å². The molecule has 0 bridgehead atoms. The zero-order valence-electron chi connectivity index (χ0n) is 11.8. The summed E-state index contributed by atoms with van der Waals surface area (Å²) in [6, 6.07) is 0. The fourth-order valence-electron chi connectivity index (χ4n) is 4.42. The van der Waals surface area contributed by atoms with Crippen molar-refractivity contribution in [3.8, 4) is 0 Å². The van der Waals surface area contributed by atoms with Gasteiger partial charge in [0.05, 0.1) is 11.2 Å². The Kier molecular flexibility index (Phi) is 3.11. The third-order valence-corrected chi connectivity index (χ3v) is 5.87. The largest absolute Gasteiger partial charge is 0.390 e. The SMILES string of the molecule is C[C@H]1CCC[C@](C)(O)[C@]12CC[C@H](C(C)(C)O)C2. The van der Waals surface area contributed by atoms with Gasteiger partial charge in [0.2, 0.25) is 0 Å². The molecule has 0 unspecified atom stereocenters. The Labute approximate surface area is 105 Å². The van der Waals surface area contributed by atoms with Crippen LogP contribution in [-0.2, 0) is 0 Å². The molecule has 0 amide bonds. The van der Waals surface area contributed by atoms with Crippen LogP contribution in [0.5, 0.6) is 0 Å². The highest BCUT2D eigenvalue weighted by molar-refractivity contribution is 5.07. The molecule has 4 atom stereocenters. The molecular weight excluding hydrogens is 212 g/mol. The normalized spacial score (nSPS) is 47.6. The van der Waals surface area contributed by atoms with Gasteiger partial charge in [-0.3, -0.25) is 0 Å². The quantitative estimate of drug-likeness (QED) is 0.739. The standard InChI is InChI=1S/C15H28O2/c1-11-6-5-8-14(4,17)15(11)9-7-12(10-15)13(2,3)16/h11-12,16-17H,5-10H2,1-4H3/t11-,12-,14-,15-/m0/s1. The van der Waals surface area contributed by atoms with Gasteiger partial charge < -0.3 is 10.2 Å². The molecule has 2 rings (SSSR count). The lowest BCUT2D eigenvalue weighted by Crippen LogP contribution is -2.51. The number of hydrogen-bond acceptors (Lipinski definition) is 2. The molecule has 0 heterocycles. The van der Waals surface area contributed by atoms with Crippen LogP contribution in [0, 0.1) is 17.3 Å². The van der Waals surface area contributed by atoms with E-state index < -0.39 is 11.2 Å². The summed E-state index contributed by atoms with van der Waals surface area (Å²) in [5.74, 6) is 0.924. The topological polar surface area (TPSA) is 40.5 Å². The van der Waals surface area contributed by atoms with Crippen LogP contribution < -0.4 is 0 Å². The van der Waals surface area contributed by atoms with E-state index in [9.17, 15) is 10.2 Å². The van der Waals surface area contributed by atoms with Gasteiger partial charge in [-0.15, -0.1) is 0 Å². The first kappa shape index (κ1) is 13.4. The molecule has 0 aromatic carbocycles. The monoisotopic (exact) mass is 240 g/mol. The summed E-state index contributed by atoms with van der Waals surface area (Å²) < 4.78 is 0. The fraction of sp³-hybridized carbons (Fsp3) is 1.00. The Morgan fingerprint density at radius 2 is 1.82 bits per heavy atom. The highest BCUT2D eigenvalue weighted by Crippen LogP contribution is 2.60. The molecule has 2 aliphatic carbocycles. The average molecular weight is 240 g/mol. The summed E-state index contributed by atoms with van der Waals surface area (Å²) in [7, 11) is 0. The van der Waals surface area contributed by atoms with Crippen LogP contribution in [0.4, 0.5) is 0 Å². The highest BCUT2D eigenvalue weighted by Gasteiger charge is 2.57. The maximum atomic E-state index is 10.8. The van der Waals surface area contributed by atoms with Gasteiger partial charge in [-0.1, -0.05) is 13.3 Å². The van der Waals surface area contributed by atoms with Crippen molar-refractivity contribution in [2.45, 2.75) is 77.4 Å². The molecule has 0 saturated heterocycles. The van der Waals surface area contributed by atoms with E-state index in [1.54, 1.807) is 0 Å². The molecule has 2 saturated carbocycles. The van der Waals surface area contributed by atoms with E-state index in [0.717, 1.165) is 32.1 Å². The second kappa shape index (κ2) is 3.96. The van der Waals surface area contributed by atoms with Crippen molar-refractivity contribution in [1.29, 1.82) is 0 Å². The van der Waals surface area contributed by atoms with Crippen LogP contribution in [0.25, 0.3) is 0 Å². The first-order chi connectivity index (χ1) is 7.69. The Bertz CT molecular complexity index is 290. The third-order valence-electron chi connectivity index (χ3n) is 5.87. The average Bonchev–Trinajstić information content (AvgIpc) is 2.60. The molecule has 0 aromatic heterocycles. The zero-order valence-corrected chi connectivity index (χ0v) is 11.8. The summed E-state index contributed by atoms with van der Waals surface area (Å²) in [5, 5.41) is 21.0. The number of rotatable bonds is 1. The Hall–Kier alpha value is -0.0800. The minimum atomic E-state index is -0.600. The van der Waals surface area contributed by atoms with Crippen molar-refractivity contribution in [3.05, 3.63) is 0 Å².